The van der Waals surface area contributed by atoms with Gasteiger partial charge in [0.25, 0.3) is 5.91 Å². The van der Waals surface area contributed by atoms with Gasteiger partial charge in [-0.25, -0.2) is 0 Å². The second-order valence-corrected chi connectivity index (χ2v) is 6.21. The third kappa shape index (κ3) is 4.71. The molecular formula is C21H26N2O4. The molecule has 0 saturated carbocycles. The highest BCUT2D eigenvalue weighted by Crippen LogP contribution is 2.35. The van der Waals surface area contributed by atoms with Crippen LogP contribution in [0.1, 0.15) is 29.8 Å². The molecule has 144 valence electrons. The van der Waals surface area contributed by atoms with E-state index in [9.17, 15) is 4.79 Å². The van der Waals surface area contributed by atoms with E-state index in [0.717, 1.165) is 30.9 Å². The SMILES string of the molecule is CCN(CC)CCOc1ccccc1CNC(=O)c1cccc2c1OCO2. The molecule has 6 heteroatoms. The molecule has 1 N–H and O–H groups in total. The van der Waals surface area contributed by atoms with Gasteiger partial charge in [-0.3, -0.25) is 4.79 Å². The van der Waals surface area contributed by atoms with Crippen LogP contribution < -0.4 is 19.5 Å². The van der Waals surface area contributed by atoms with E-state index >= 15 is 0 Å². The molecule has 27 heavy (non-hydrogen) atoms. The van der Waals surface area contributed by atoms with E-state index in [-0.39, 0.29) is 12.7 Å². The van der Waals surface area contributed by atoms with Crippen LogP contribution in [-0.2, 0) is 6.54 Å². The fourth-order valence-electron chi connectivity index (χ4n) is 2.99. The van der Waals surface area contributed by atoms with Crippen LogP contribution in [0.3, 0.4) is 0 Å². The first-order valence-corrected chi connectivity index (χ1v) is 9.32. The van der Waals surface area contributed by atoms with Crippen molar-refractivity contribution in [2.45, 2.75) is 20.4 Å². The average Bonchev–Trinajstić information content (AvgIpc) is 3.19. The lowest BCUT2D eigenvalue weighted by Gasteiger charge is -2.19. The predicted molar refractivity (Wildman–Crippen MR) is 103 cm³/mol. The third-order valence-electron chi connectivity index (χ3n) is 4.61. The molecule has 0 fully saturated rings. The van der Waals surface area contributed by atoms with Gasteiger partial charge in [0.05, 0.1) is 5.56 Å². The molecule has 0 radical (unpaired) electrons. The number of nitrogens with zero attached hydrogens (tertiary/aromatic N) is 1. The van der Waals surface area contributed by atoms with Gasteiger partial charge >= 0.3 is 0 Å². The Morgan fingerprint density at radius 1 is 1.11 bits per heavy atom. The van der Waals surface area contributed by atoms with E-state index in [1.807, 2.05) is 24.3 Å². The zero-order valence-electron chi connectivity index (χ0n) is 15.9. The van der Waals surface area contributed by atoms with Crippen LogP contribution in [0.5, 0.6) is 17.2 Å². The van der Waals surface area contributed by atoms with Crippen LogP contribution in [-0.4, -0.2) is 43.8 Å². The summed E-state index contributed by atoms with van der Waals surface area (Å²) in [5, 5.41) is 2.94. The first kappa shape index (κ1) is 19.0. The first-order valence-electron chi connectivity index (χ1n) is 9.32. The van der Waals surface area contributed by atoms with E-state index in [4.69, 9.17) is 14.2 Å². The summed E-state index contributed by atoms with van der Waals surface area (Å²) in [4.78, 5) is 14.9. The Labute approximate surface area is 160 Å². The standard InChI is InChI=1S/C21H26N2O4/c1-3-23(4-2)12-13-25-18-10-6-5-8-16(18)14-22-21(24)17-9-7-11-19-20(17)27-15-26-19/h5-11H,3-4,12-15H2,1-2H3,(H,22,24). The second kappa shape index (κ2) is 9.28. The fourth-order valence-corrected chi connectivity index (χ4v) is 2.99. The number of benzene rings is 2. The summed E-state index contributed by atoms with van der Waals surface area (Å²) in [5.41, 5.74) is 1.42. The second-order valence-electron chi connectivity index (χ2n) is 6.21. The Kier molecular flexibility index (Phi) is 6.54. The summed E-state index contributed by atoms with van der Waals surface area (Å²) in [6, 6.07) is 13.1. The van der Waals surface area contributed by atoms with Gasteiger partial charge in [0, 0.05) is 18.7 Å². The predicted octanol–water partition coefficient (Wildman–Crippen LogP) is 3.07. The maximum Gasteiger partial charge on any atom is 0.255 e. The van der Waals surface area contributed by atoms with Crippen LogP contribution in [0.25, 0.3) is 0 Å². The van der Waals surface area contributed by atoms with E-state index in [2.05, 4.69) is 24.1 Å². The molecule has 0 bridgehead atoms. The number of rotatable bonds is 9. The summed E-state index contributed by atoms with van der Waals surface area (Å²) in [7, 11) is 0. The number of amides is 1. The quantitative estimate of drug-likeness (QED) is 0.735. The van der Waals surface area contributed by atoms with Crippen molar-refractivity contribution in [2.75, 3.05) is 33.0 Å². The maximum atomic E-state index is 12.6. The Hall–Kier alpha value is -2.73. The Bertz CT molecular complexity index is 775. The molecule has 1 amide bonds. The van der Waals surface area contributed by atoms with Crippen molar-refractivity contribution in [3.05, 3.63) is 53.6 Å². The number of nitrogens with one attached hydrogen (secondary N) is 1. The molecule has 1 aliphatic rings. The van der Waals surface area contributed by atoms with E-state index < -0.39 is 0 Å². The Balaban J connectivity index is 1.60. The average molecular weight is 370 g/mol. The summed E-state index contributed by atoms with van der Waals surface area (Å²) in [6.45, 7) is 8.30. The largest absolute Gasteiger partial charge is 0.492 e. The van der Waals surface area contributed by atoms with E-state index in [0.29, 0.717) is 30.2 Å². The minimum Gasteiger partial charge on any atom is -0.492 e. The number of hydrogen-bond acceptors (Lipinski definition) is 5. The highest BCUT2D eigenvalue weighted by atomic mass is 16.7. The zero-order valence-corrected chi connectivity index (χ0v) is 15.9. The highest BCUT2D eigenvalue weighted by Gasteiger charge is 2.21. The third-order valence-corrected chi connectivity index (χ3v) is 4.61. The molecule has 1 aliphatic heterocycles. The molecule has 0 atom stereocenters. The van der Waals surface area contributed by atoms with Crippen LogP contribution in [0.2, 0.25) is 0 Å². The van der Waals surface area contributed by atoms with Crippen LogP contribution in [0.15, 0.2) is 42.5 Å². The molecule has 0 spiro atoms. The van der Waals surface area contributed by atoms with Crippen LogP contribution in [0.4, 0.5) is 0 Å². The zero-order chi connectivity index (χ0) is 19.1. The summed E-state index contributed by atoms with van der Waals surface area (Å²) >= 11 is 0. The van der Waals surface area contributed by atoms with Crippen molar-refractivity contribution in [1.82, 2.24) is 10.2 Å². The molecule has 0 unspecified atom stereocenters. The van der Waals surface area contributed by atoms with Crippen molar-refractivity contribution in [1.29, 1.82) is 0 Å². The van der Waals surface area contributed by atoms with Crippen molar-refractivity contribution in [3.8, 4) is 17.2 Å². The summed E-state index contributed by atoms with van der Waals surface area (Å²) in [6.07, 6.45) is 0. The minimum absolute atomic E-state index is 0.142. The molecule has 0 aliphatic carbocycles. The van der Waals surface area contributed by atoms with Gasteiger partial charge < -0.3 is 24.4 Å². The smallest absolute Gasteiger partial charge is 0.255 e. The van der Waals surface area contributed by atoms with Gasteiger partial charge in [-0.15, -0.1) is 0 Å². The highest BCUT2D eigenvalue weighted by molar-refractivity contribution is 5.97. The minimum atomic E-state index is -0.199. The monoisotopic (exact) mass is 370 g/mol. The molecular weight excluding hydrogens is 344 g/mol. The normalized spacial score (nSPS) is 12.3. The van der Waals surface area contributed by atoms with Gasteiger partial charge in [0.1, 0.15) is 12.4 Å². The Morgan fingerprint density at radius 2 is 1.93 bits per heavy atom. The molecule has 3 rings (SSSR count). The lowest BCUT2D eigenvalue weighted by molar-refractivity contribution is 0.0946. The fraction of sp³-hybridized carbons (Fsp3) is 0.381. The maximum absolute atomic E-state index is 12.6. The molecule has 2 aromatic rings. The van der Waals surface area contributed by atoms with Crippen molar-refractivity contribution < 1.29 is 19.0 Å². The molecule has 0 saturated heterocycles. The van der Waals surface area contributed by atoms with Gasteiger partial charge in [-0.2, -0.15) is 0 Å². The number of ether oxygens (including phenoxy) is 3. The van der Waals surface area contributed by atoms with Crippen LogP contribution in [0, 0.1) is 0 Å². The van der Waals surface area contributed by atoms with Gasteiger partial charge in [-0.05, 0) is 31.3 Å². The number of carbonyl (C=O) groups is 1. The topological polar surface area (TPSA) is 60.0 Å². The van der Waals surface area contributed by atoms with Crippen molar-refractivity contribution in [2.24, 2.45) is 0 Å². The van der Waals surface area contributed by atoms with Crippen molar-refractivity contribution in [3.63, 3.8) is 0 Å². The Morgan fingerprint density at radius 3 is 2.74 bits per heavy atom. The van der Waals surface area contributed by atoms with E-state index in [1.54, 1.807) is 18.2 Å². The lowest BCUT2D eigenvalue weighted by atomic mass is 10.1. The van der Waals surface area contributed by atoms with Gasteiger partial charge in [0.15, 0.2) is 11.5 Å². The van der Waals surface area contributed by atoms with E-state index in [1.165, 1.54) is 0 Å². The summed E-state index contributed by atoms with van der Waals surface area (Å²) in [5.74, 6) is 1.69. The molecule has 0 aromatic heterocycles. The number of carbonyl (C=O) groups excluding carboxylic acids is 1. The number of likely N-dealkylation sites (N-methyl/N-ethyl adjacent to an activating group) is 1. The lowest BCUT2D eigenvalue weighted by Crippen LogP contribution is -2.28. The molecule has 6 nitrogen and oxygen atoms in total. The number of para-hydroxylation sites is 2. The number of fused-ring (bicyclic) bond motifs is 1. The van der Waals surface area contributed by atoms with Crippen molar-refractivity contribution >= 4 is 5.91 Å². The van der Waals surface area contributed by atoms with Crippen LogP contribution >= 0.6 is 0 Å². The summed E-state index contributed by atoms with van der Waals surface area (Å²) < 4.78 is 16.7. The van der Waals surface area contributed by atoms with Gasteiger partial charge in [-0.1, -0.05) is 38.1 Å². The number of hydrogen-bond donors (Lipinski definition) is 1. The first-order chi connectivity index (χ1) is 13.2. The molecule has 1 heterocycles. The molecule has 2 aromatic carbocycles. The van der Waals surface area contributed by atoms with Gasteiger partial charge in [0.2, 0.25) is 6.79 Å².